The molecular weight excluding hydrogens is 301 g/mol. The second kappa shape index (κ2) is 6.54. The Balaban J connectivity index is 1.74. The Morgan fingerprint density at radius 3 is 2.86 bits per heavy atom. The summed E-state index contributed by atoms with van der Waals surface area (Å²) in [5.74, 6) is -0.309. The van der Waals surface area contributed by atoms with Gasteiger partial charge in [0.2, 0.25) is 5.91 Å². The molecule has 3 rings (SSSR count). The average Bonchev–Trinajstić information content (AvgIpc) is 2.92. The van der Waals surface area contributed by atoms with Gasteiger partial charge in [0.1, 0.15) is 11.9 Å². The van der Waals surface area contributed by atoms with Gasteiger partial charge < -0.3 is 5.32 Å². The molecule has 1 aromatic carbocycles. The normalized spacial score (nSPS) is 19.2. The van der Waals surface area contributed by atoms with Crippen LogP contribution in [0.3, 0.4) is 0 Å². The first-order valence-electron chi connectivity index (χ1n) is 7.32. The van der Waals surface area contributed by atoms with Crippen molar-refractivity contribution >= 4 is 17.2 Å². The Morgan fingerprint density at radius 1 is 1.41 bits per heavy atom. The molecule has 1 unspecified atom stereocenters. The van der Waals surface area contributed by atoms with Gasteiger partial charge in [-0.1, -0.05) is 12.1 Å². The highest BCUT2D eigenvalue weighted by atomic mass is 32.1. The molecule has 0 aliphatic carbocycles. The molecule has 1 atom stereocenters. The lowest BCUT2D eigenvalue weighted by atomic mass is 10.0. The number of aryl methyl sites for hydroxylation is 1. The third kappa shape index (κ3) is 3.34. The van der Waals surface area contributed by atoms with Crippen LogP contribution in [0.2, 0.25) is 0 Å². The number of amides is 1. The van der Waals surface area contributed by atoms with Gasteiger partial charge in [0.05, 0.1) is 10.7 Å². The number of rotatable bonds is 4. The molecule has 0 radical (unpaired) electrons. The van der Waals surface area contributed by atoms with Crippen LogP contribution in [-0.2, 0) is 11.2 Å². The van der Waals surface area contributed by atoms with Gasteiger partial charge in [-0.15, -0.1) is 11.3 Å². The first-order valence-corrected chi connectivity index (χ1v) is 8.19. The second-order valence-corrected chi connectivity index (χ2v) is 6.45. The van der Waals surface area contributed by atoms with Gasteiger partial charge in [-0.3, -0.25) is 9.69 Å². The largest absolute Gasteiger partial charge is 0.353 e. The van der Waals surface area contributed by atoms with Crippen molar-refractivity contribution in [3.63, 3.8) is 0 Å². The maximum Gasteiger partial charge on any atom is 0.242 e. The highest BCUT2D eigenvalue weighted by molar-refractivity contribution is 7.09. The van der Waals surface area contributed by atoms with Crippen LogP contribution in [-0.4, -0.2) is 35.4 Å². The summed E-state index contributed by atoms with van der Waals surface area (Å²) in [6.45, 7) is 4.19. The van der Waals surface area contributed by atoms with E-state index in [1.54, 1.807) is 23.5 Å². The molecule has 6 heteroatoms. The van der Waals surface area contributed by atoms with Crippen molar-refractivity contribution in [3.8, 4) is 0 Å². The summed E-state index contributed by atoms with van der Waals surface area (Å²) < 4.78 is 13.1. The van der Waals surface area contributed by atoms with Gasteiger partial charge in [-0.05, 0) is 24.6 Å². The maximum atomic E-state index is 13.1. The fraction of sp³-hybridized carbons (Fsp3) is 0.375. The highest BCUT2D eigenvalue weighted by Gasteiger charge is 2.30. The van der Waals surface area contributed by atoms with Crippen LogP contribution in [0.25, 0.3) is 0 Å². The van der Waals surface area contributed by atoms with Gasteiger partial charge >= 0.3 is 0 Å². The number of nitrogens with zero attached hydrogens (tertiary/aromatic N) is 2. The standard InChI is InChI=1S/C16H18FN3OS/c1-11-19-14(10-22-11)6-8-20-9-7-18-16(21)15(20)12-2-4-13(17)5-3-12/h2-5,10,15H,6-9H2,1H3,(H,18,21). The first-order chi connectivity index (χ1) is 10.6. The fourth-order valence-electron chi connectivity index (χ4n) is 2.74. The van der Waals surface area contributed by atoms with E-state index in [1.165, 1.54) is 12.1 Å². The molecule has 1 aliphatic rings. The summed E-state index contributed by atoms with van der Waals surface area (Å²) in [5.41, 5.74) is 1.89. The van der Waals surface area contributed by atoms with Crippen LogP contribution in [0.1, 0.15) is 22.3 Å². The number of thiazole rings is 1. The van der Waals surface area contributed by atoms with Crippen LogP contribution in [0.15, 0.2) is 29.6 Å². The number of benzene rings is 1. The van der Waals surface area contributed by atoms with Gasteiger partial charge in [0.25, 0.3) is 0 Å². The van der Waals surface area contributed by atoms with Crippen molar-refractivity contribution in [2.45, 2.75) is 19.4 Å². The molecule has 2 aromatic rings. The second-order valence-electron chi connectivity index (χ2n) is 5.39. The van der Waals surface area contributed by atoms with E-state index in [-0.39, 0.29) is 17.8 Å². The molecular formula is C16H18FN3OS. The third-order valence-electron chi connectivity index (χ3n) is 3.82. The van der Waals surface area contributed by atoms with Gasteiger partial charge in [-0.2, -0.15) is 0 Å². The monoisotopic (exact) mass is 319 g/mol. The Labute approximate surface area is 133 Å². The Morgan fingerprint density at radius 2 is 2.18 bits per heavy atom. The fourth-order valence-corrected chi connectivity index (χ4v) is 3.39. The van der Waals surface area contributed by atoms with E-state index in [0.717, 1.165) is 35.8 Å². The lowest BCUT2D eigenvalue weighted by molar-refractivity contribution is -0.129. The minimum atomic E-state index is -0.353. The molecule has 1 aromatic heterocycles. The summed E-state index contributed by atoms with van der Waals surface area (Å²) in [4.78, 5) is 18.9. The molecule has 1 saturated heterocycles. The zero-order chi connectivity index (χ0) is 15.5. The Hall–Kier alpha value is -1.79. The lowest BCUT2D eigenvalue weighted by Crippen LogP contribution is -2.50. The number of carbonyl (C=O) groups excluding carboxylic acids is 1. The van der Waals surface area contributed by atoms with Crippen molar-refractivity contribution in [1.29, 1.82) is 0 Å². The number of hydrogen-bond acceptors (Lipinski definition) is 4. The number of hydrogen-bond donors (Lipinski definition) is 1. The SMILES string of the molecule is Cc1nc(CCN2CCNC(=O)C2c2ccc(F)cc2)cs1. The van der Waals surface area contributed by atoms with Gasteiger partial charge in [0, 0.05) is 31.4 Å². The number of halogens is 1. The zero-order valence-electron chi connectivity index (χ0n) is 12.4. The van der Waals surface area contributed by atoms with E-state index in [4.69, 9.17) is 0 Å². The summed E-state index contributed by atoms with van der Waals surface area (Å²) in [7, 11) is 0. The van der Waals surface area contributed by atoms with E-state index < -0.39 is 0 Å². The Bertz CT molecular complexity index is 656. The van der Waals surface area contributed by atoms with E-state index in [2.05, 4.69) is 20.6 Å². The summed E-state index contributed by atoms with van der Waals surface area (Å²) in [6.07, 6.45) is 0.815. The number of nitrogens with one attached hydrogen (secondary N) is 1. The lowest BCUT2D eigenvalue weighted by Gasteiger charge is -2.35. The van der Waals surface area contributed by atoms with Crippen molar-refractivity contribution in [3.05, 3.63) is 51.7 Å². The molecule has 0 spiro atoms. The number of carbonyl (C=O) groups is 1. The molecule has 22 heavy (non-hydrogen) atoms. The topological polar surface area (TPSA) is 45.2 Å². The molecule has 1 amide bonds. The molecule has 1 aliphatic heterocycles. The van der Waals surface area contributed by atoms with Crippen molar-refractivity contribution < 1.29 is 9.18 Å². The summed E-state index contributed by atoms with van der Waals surface area (Å²) >= 11 is 1.64. The van der Waals surface area contributed by atoms with Crippen LogP contribution >= 0.6 is 11.3 Å². The molecule has 0 bridgehead atoms. The quantitative estimate of drug-likeness (QED) is 0.940. The Kier molecular flexibility index (Phi) is 4.49. The average molecular weight is 319 g/mol. The number of piperazine rings is 1. The van der Waals surface area contributed by atoms with E-state index in [0.29, 0.717) is 6.54 Å². The van der Waals surface area contributed by atoms with E-state index in [9.17, 15) is 9.18 Å². The molecule has 1 N–H and O–H groups in total. The number of aromatic nitrogens is 1. The minimum Gasteiger partial charge on any atom is -0.353 e. The summed E-state index contributed by atoms with van der Waals surface area (Å²) in [5, 5.41) is 6.01. The van der Waals surface area contributed by atoms with Gasteiger partial charge in [-0.25, -0.2) is 9.37 Å². The molecule has 1 fully saturated rings. The van der Waals surface area contributed by atoms with Crippen LogP contribution in [0, 0.1) is 12.7 Å². The van der Waals surface area contributed by atoms with E-state index >= 15 is 0 Å². The molecule has 116 valence electrons. The van der Waals surface area contributed by atoms with E-state index in [1.807, 2.05) is 6.92 Å². The summed E-state index contributed by atoms with van der Waals surface area (Å²) in [6, 6.07) is 5.82. The molecule has 4 nitrogen and oxygen atoms in total. The van der Waals surface area contributed by atoms with Gasteiger partial charge in [0.15, 0.2) is 0 Å². The van der Waals surface area contributed by atoms with Crippen molar-refractivity contribution in [2.75, 3.05) is 19.6 Å². The minimum absolute atomic E-state index is 0.0210. The maximum absolute atomic E-state index is 13.1. The van der Waals surface area contributed by atoms with Crippen molar-refractivity contribution in [2.24, 2.45) is 0 Å². The predicted molar refractivity (Wildman–Crippen MR) is 84.3 cm³/mol. The van der Waals surface area contributed by atoms with Crippen LogP contribution in [0.4, 0.5) is 4.39 Å². The molecule has 2 heterocycles. The van der Waals surface area contributed by atoms with Crippen molar-refractivity contribution in [1.82, 2.24) is 15.2 Å². The van der Waals surface area contributed by atoms with Crippen LogP contribution in [0.5, 0.6) is 0 Å². The first kappa shape index (κ1) is 15.1. The smallest absolute Gasteiger partial charge is 0.242 e. The van der Waals surface area contributed by atoms with Crippen LogP contribution < -0.4 is 5.32 Å². The third-order valence-corrected chi connectivity index (χ3v) is 4.64. The molecule has 0 saturated carbocycles. The predicted octanol–water partition coefficient (Wildman–Crippen LogP) is 2.31. The zero-order valence-corrected chi connectivity index (χ0v) is 13.2. The highest BCUT2D eigenvalue weighted by Crippen LogP contribution is 2.24.